The quantitative estimate of drug-likeness (QED) is 0.0926. The fraction of sp³-hybridized carbons (Fsp3) is 0.0250. The number of nitrogens with zero attached hydrogens (tertiary/aromatic N) is 2. The molecule has 1 heterocycles. The smallest absolute Gasteiger partial charge is 0.0541 e. The summed E-state index contributed by atoms with van der Waals surface area (Å²) in [6.45, 7) is 17.4. The molecule has 2 nitrogen and oxygen atoms in total. The van der Waals surface area contributed by atoms with E-state index in [0.717, 1.165) is 17.1 Å². The van der Waals surface area contributed by atoms with Crippen LogP contribution in [0.5, 0.6) is 0 Å². The molecule has 1 aromatic heterocycles. The molecule has 13 aromatic rings. The highest BCUT2D eigenvalue weighted by molar-refractivity contribution is 6.10. The van der Waals surface area contributed by atoms with Gasteiger partial charge in [-0.25, -0.2) is 0 Å². The molecule has 2 heteroatoms. The van der Waals surface area contributed by atoms with Gasteiger partial charge in [-0.1, -0.05) is 262 Å². The Morgan fingerprint density at radius 1 is 0.293 bits per heavy atom. The first-order valence-corrected chi connectivity index (χ1v) is 27.9. The molecule has 0 amide bonds. The monoisotopic (exact) mass is 1050 g/mol. The lowest BCUT2D eigenvalue weighted by molar-refractivity contribution is 1.18. The number of benzene rings is 12. The molecule has 0 spiro atoms. The van der Waals surface area contributed by atoms with E-state index >= 15 is 0 Å². The SMILES string of the molecule is C=C/C=C\C=C.C=CC.C=CC.c1ccc(-n2c3ccccc3c3cc(-c4ccc(-c5ccc(-c6ccc(N(c7ccc(-c8cccc9ccccc89)cc7)c7ccc(-c8cccc9ccccc89)cc7)cc6)cc5)cc4)ccc32)cc1. The molecule has 13 rings (SSSR count). The second kappa shape index (κ2) is 26.4. The van der Waals surface area contributed by atoms with E-state index in [0.29, 0.717) is 0 Å². The predicted octanol–water partition coefficient (Wildman–Crippen LogP) is 23.2. The summed E-state index contributed by atoms with van der Waals surface area (Å²) < 4.78 is 2.37. The second-order valence-electron chi connectivity index (χ2n) is 19.8. The third kappa shape index (κ3) is 12.0. The van der Waals surface area contributed by atoms with Crippen molar-refractivity contribution in [3.8, 4) is 61.3 Å². The van der Waals surface area contributed by atoms with Gasteiger partial charge in [0.05, 0.1) is 11.0 Å². The van der Waals surface area contributed by atoms with Crippen LogP contribution in [0, 0.1) is 0 Å². The number of allylic oxidation sites excluding steroid dienone is 6. The molecule has 396 valence electrons. The number of aromatic nitrogens is 1. The number of para-hydroxylation sites is 2. The highest BCUT2D eigenvalue weighted by atomic mass is 15.1. The Labute approximate surface area is 484 Å². The molecule has 0 aliphatic carbocycles. The zero-order valence-corrected chi connectivity index (χ0v) is 46.7. The van der Waals surface area contributed by atoms with Crippen molar-refractivity contribution in [2.24, 2.45) is 0 Å². The van der Waals surface area contributed by atoms with Crippen LogP contribution >= 0.6 is 0 Å². The van der Waals surface area contributed by atoms with Crippen LogP contribution in [0.15, 0.2) is 342 Å². The van der Waals surface area contributed by atoms with Crippen molar-refractivity contribution in [2.45, 2.75) is 13.8 Å². The second-order valence-corrected chi connectivity index (χ2v) is 19.8. The maximum Gasteiger partial charge on any atom is 0.0541 e. The van der Waals surface area contributed by atoms with Gasteiger partial charge in [0.2, 0.25) is 0 Å². The third-order valence-corrected chi connectivity index (χ3v) is 14.4. The maximum absolute atomic E-state index is 3.46. The lowest BCUT2D eigenvalue weighted by atomic mass is 9.97. The Morgan fingerprint density at radius 3 is 1.06 bits per heavy atom. The number of hydrogen-bond acceptors (Lipinski definition) is 1. The van der Waals surface area contributed by atoms with E-state index in [1.54, 1.807) is 24.3 Å². The molecule has 0 radical (unpaired) electrons. The minimum absolute atomic E-state index is 1.09. The van der Waals surface area contributed by atoms with Crippen molar-refractivity contribution in [1.82, 2.24) is 4.57 Å². The van der Waals surface area contributed by atoms with E-state index in [4.69, 9.17) is 0 Å². The van der Waals surface area contributed by atoms with Gasteiger partial charge in [0.25, 0.3) is 0 Å². The third-order valence-electron chi connectivity index (χ3n) is 14.4. The van der Waals surface area contributed by atoms with Crippen molar-refractivity contribution < 1.29 is 0 Å². The van der Waals surface area contributed by atoms with Crippen LogP contribution in [0.2, 0.25) is 0 Å². The molecule has 0 aliphatic heterocycles. The van der Waals surface area contributed by atoms with E-state index in [1.807, 2.05) is 26.0 Å². The summed E-state index contributed by atoms with van der Waals surface area (Å²) in [5.74, 6) is 0. The topological polar surface area (TPSA) is 8.17 Å². The molecule has 0 aliphatic rings. The summed E-state index contributed by atoms with van der Waals surface area (Å²) in [6, 6.07) is 101. The molecule has 0 fully saturated rings. The normalized spacial score (nSPS) is 10.7. The summed E-state index contributed by atoms with van der Waals surface area (Å²) >= 11 is 0. The van der Waals surface area contributed by atoms with Crippen LogP contribution in [0.25, 0.3) is 105 Å². The Balaban J connectivity index is 0.000000575. The van der Waals surface area contributed by atoms with Gasteiger partial charge < -0.3 is 9.47 Å². The molecule has 12 aromatic carbocycles. The largest absolute Gasteiger partial charge is 0.311 e. The Morgan fingerprint density at radius 2 is 0.622 bits per heavy atom. The van der Waals surface area contributed by atoms with Gasteiger partial charge in [-0.3, -0.25) is 0 Å². The first kappa shape index (κ1) is 54.8. The molecule has 0 unspecified atom stereocenters. The van der Waals surface area contributed by atoms with Crippen molar-refractivity contribution >= 4 is 60.4 Å². The molecular formula is C80H66N2. The zero-order valence-electron chi connectivity index (χ0n) is 46.7. The average molecular weight is 1060 g/mol. The Kier molecular flexibility index (Phi) is 17.6. The summed E-state index contributed by atoms with van der Waals surface area (Å²) in [6.07, 6.45) is 10.6. The van der Waals surface area contributed by atoms with E-state index < -0.39 is 0 Å². The summed E-state index contributed by atoms with van der Waals surface area (Å²) in [5, 5.41) is 7.53. The van der Waals surface area contributed by atoms with E-state index in [1.165, 1.54) is 105 Å². The van der Waals surface area contributed by atoms with Gasteiger partial charge in [-0.15, -0.1) is 13.2 Å². The fourth-order valence-electron chi connectivity index (χ4n) is 10.7. The molecular weight excluding hydrogens is 989 g/mol. The summed E-state index contributed by atoms with van der Waals surface area (Å²) in [5.41, 5.74) is 18.9. The molecule has 0 N–H and O–H groups in total. The molecule has 82 heavy (non-hydrogen) atoms. The minimum atomic E-state index is 1.09. The maximum atomic E-state index is 3.46. The number of fused-ring (bicyclic) bond motifs is 5. The zero-order chi connectivity index (χ0) is 56.6. The van der Waals surface area contributed by atoms with Crippen molar-refractivity contribution in [3.05, 3.63) is 342 Å². The fourth-order valence-corrected chi connectivity index (χ4v) is 10.7. The molecule has 0 atom stereocenters. The van der Waals surface area contributed by atoms with Gasteiger partial charge in [0.1, 0.15) is 0 Å². The van der Waals surface area contributed by atoms with Crippen LogP contribution in [0.1, 0.15) is 13.8 Å². The van der Waals surface area contributed by atoms with E-state index in [9.17, 15) is 0 Å². The van der Waals surface area contributed by atoms with Crippen LogP contribution < -0.4 is 4.90 Å². The Hall–Kier alpha value is -10.5. The van der Waals surface area contributed by atoms with Crippen molar-refractivity contribution in [1.29, 1.82) is 0 Å². The Bertz CT molecular complexity index is 4160. The first-order valence-electron chi connectivity index (χ1n) is 27.9. The van der Waals surface area contributed by atoms with E-state index in [-0.39, 0.29) is 0 Å². The highest BCUT2D eigenvalue weighted by Gasteiger charge is 2.16. The van der Waals surface area contributed by atoms with Gasteiger partial charge >= 0.3 is 0 Å². The van der Waals surface area contributed by atoms with Gasteiger partial charge in [0, 0.05) is 33.5 Å². The molecule has 0 saturated heterocycles. The highest BCUT2D eigenvalue weighted by Crippen LogP contribution is 2.40. The lowest BCUT2D eigenvalue weighted by Crippen LogP contribution is -2.09. The van der Waals surface area contributed by atoms with Gasteiger partial charge in [-0.05, 0) is 158 Å². The molecule has 0 saturated carbocycles. The van der Waals surface area contributed by atoms with Crippen LogP contribution in [0.4, 0.5) is 17.1 Å². The summed E-state index contributed by atoms with van der Waals surface area (Å²) in [7, 11) is 0. The average Bonchev–Trinajstić information content (AvgIpc) is 3.89. The minimum Gasteiger partial charge on any atom is -0.311 e. The van der Waals surface area contributed by atoms with Crippen molar-refractivity contribution in [2.75, 3.05) is 4.90 Å². The summed E-state index contributed by atoms with van der Waals surface area (Å²) in [4.78, 5) is 2.36. The first-order chi connectivity index (χ1) is 40.4. The standard InChI is InChI=1S/C68H46N2.C6H8.2C3H6/c1-2-16-57(17-3-1)70-67-23-9-8-20-65(67)66-46-56(38-45-68(66)70)51-30-28-48(29-31-51)47-24-26-49(27-25-47)50-32-39-58(40-33-50)69(59-41-34-54(35-42-59)63-21-10-14-52-12-4-6-18-61(52)63)60-43-36-55(37-44-60)64-22-11-15-53-13-5-7-19-62(53)64;1-3-5-6-4-2;2*1-3-2/h1-46H;3-6H,1-2H2;2*3H,1H2,2H3/b;6-5-;;. The number of hydrogen-bond donors (Lipinski definition) is 0. The molecule has 0 bridgehead atoms. The van der Waals surface area contributed by atoms with Crippen LogP contribution in [-0.2, 0) is 0 Å². The van der Waals surface area contributed by atoms with Crippen molar-refractivity contribution in [3.63, 3.8) is 0 Å². The van der Waals surface area contributed by atoms with Crippen LogP contribution in [-0.4, -0.2) is 4.57 Å². The number of rotatable bonds is 11. The van der Waals surface area contributed by atoms with Gasteiger partial charge in [-0.2, -0.15) is 0 Å². The van der Waals surface area contributed by atoms with Crippen LogP contribution in [0.3, 0.4) is 0 Å². The van der Waals surface area contributed by atoms with E-state index in [2.05, 4.69) is 315 Å². The predicted molar refractivity (Wildman–Crippen MR) is 359 cm³/mol. The lowest BCUT2D eigenvalue weighted by Gasteiger charge is -2.26. The van der Waals surface area contributed by atoms with Gasteiger partial charge in [0.15, 0.2) is 0 Å². The number of anilines is 3.